The highest BCUT2D eigenvalue weighted by Gasteiger charge is 2.23. The first-order chi connectivity index (χ1) is 10.3. The van der Waals surface area contributed by atoms with Gasteiger partial charge in [0.25, 0.3) is 10.0 Å². The van der Waals surface area contributed by atoms with Gasteiger partial charge in [0.1, 0.15) is 5.56 Å². The van der Waals surface area contributed by atoms with Gasteiger partial charge in [-0.05, 0) is 38.1 Å². The summed E-state index contributed by atoms with van der Waals surface area (Å²) >= 11 is 0. The Hall–Kier alpha value is -2.48. The van der Waals surface area contributed by atoms with Crippen molar-refractivity contribution in [3.63, 3.8) is 0 Å². The minimum absolute atomic E-state index is 0.0324. The summed E-state index contributed by atoms with van der Waals surface area (Å²) in [6.07, 6.45) is 0.903. The molecule has 0 atom stereocenters. The Morgan fingerprint density at radius 1 is 1.27 bits per heavy atom. The van der Waals surface area contributed by atoms with Crippen LogP contribution in [-0.4, -0.2) is 25.6 Å². The molecule has 1 heterocycles. The first kappa shape index (κ1) is 15.9. The Morgan fingerprint density at radius 3 is 2.55 bits per heavy atom. The third kappa shape index (κ3) is 3.40. The van der Waals surface area contributed by atoms with Crippen molar-refractivity contribution in [1.29, 1.82) is 0 Å². The molecule has 118 valence electrons. The lowest BCUT2D eigenvalue weighted by Crippen LogP contribution is -2.16. The Morgan fingerprint density at radius 2 is 2.00 bits per heavy atom. The van der Waals surface area contributed by atoms with E-state index >= 15 is 0 Å². The largest absolute Gasteiger partial charge is 0.488 e. The van der Waals surface area contributed by atoms with Gasteiger partial charge in [-0.1, -0.05) is 6.07 Å². The topological polar surface area (TPSA) is 106 Å². The van der Waals surface area contributed by atoms with Crippen molar-refractivity contribution < 1.29 is 27.5 Å². The summed E-state index contributed by atoms with van der Waals surface area (Å²) in [5.41, 5.74) is -0.0988. The fraction of sp³-hybridized carbons (Fsp3) is 0.214. The van der Waals surface area contributed by atoms with Crippen LogP contribution in [0.5, 0.6) is 5.75 Å². The van der Waals surface area contributed by atoms with E-state index < -0.39 is 16.0 Å². The molecule has 22 heavy (non-hydrogen) atoms. The molecule has 0 aliphatic heterocycles. The second-order valence-electron chi connectivity index (χ2n) is 4.69. The number of para-hydroxylation sites is 1. The zero-order valence-corrected chi connectivity index (χ0v) is 12.8. The van der Waals surface area contributed by atoms with Gasteiger partial charge >= 0.3 is 5.97 Å². The van der Waals surface area contributed by atoms with Crippen molar-refractivity contribution in [2.45, 2.75) is 25.0 Å². The van der Waals surface area contributed by atoms with Crippen LogP contribution in [0.2, 0.25) is 0 Å². The number of carboxylic acid groups (broad SMARTS) is 1. The van der Waals surface area contributed by atoms with Crippen LogP contribution in [0.4, 0.5) is 5.69 Å². The van der Waals surface area contributed by atoms with Gasteiger partial charge in [-0.15, -0.1) is 0 Å². The van der Waals surface area contributed by atoms with E-state index in [2.05, 4.69) is 4.72 Å². The predicted molar refractivity (Wildman–Crippen MR) is 78.7 cm³/mol. The second-order valence-corrected chi connectivity index (χ2v) is 6.30. The van der Waals surface area contributed by atoms with E-state index in [1.165, 1.54) is 36.6 Å². The third-order valence-corrected chi connectivity index (χ3v) is 3.85. The molecule has 0 unspecified atom stereocenters. The Labute approximate surface area is 127 Å². The molecular weight excluding hydrogens is 310 g/mol. The first-order valence-corrected chi connectivity index (χ1v) is 7.89. The van der Waals surface area contributed by atoms with Crippen molar-refractivity contribution in [2.75, 3.05) is 4.72 Å². The summed E-state index contributed by atoms with van der Waals surface area (Å²) in [5, 5.41) is 8.94. The number of hydrogen-bond acceptors (Lipinski definition) is 5. The average molecular weight is 325 g/mol. The molecular formula is C14H15NO6S. The standard InChI is InChI=1S/C14H15NO6S/c1-9(2)21-13-10(14(16)17)5-3-6-11(13)15-22(18,19)12-7-4-8-20-12/h3-9,15H,1-2H3,(H,16,17). The summed E-state index contributed by atoms with van der Waals surface area (Å²) in [4.78, 5) is 11.3. The van der Waals surface area contributed by atoms with Gasteiger partial charge in [-0.3, -0.25) is 4.72 Å². The van der Waals surface area contributed by atoms with Crippen LogP contribution in [0.1, 0.15) is 24.2 Å². The maximum absolute atomic E-state index is 12.2. The number of hydrogen-bond donors (Lipinski definition) is 2. The molecule has 2 rings (SSSR count). The summed E-state index contributed by atoms with van der Waals surface area (Å²) in [6.45, 7) is 3.42. The number of carboxylic acids is 1. The van der Waals surface area contributed by atoms with Gasteiger partial charge < -0.3 is 14.3 Å². The van der Waals surface area contributed by atoms with Gasteiger partial charge in [0.15, 0.2) is 5.75 Å². The summed E-state index contributed by atoms with van der Waals surface area (Å²) < 4.78 is 37.0. The van der Waals surface area contributed by atoms with E-state index in [4.69, 9.17) is 9.15 Å². The molecule has 2 aromatic rings. The monoisotopic (exact) mass is 325 g/mol. The number of carbonyl (C=O) groups is 1. The van der Waals surface area contributed by atoms with E-state index in [1.807, 2.05) is 0 Å². The average Bonchev–Trinajstić information content (AvgIpc) is 2.94. The van der Waals surface area contributed by atoms with Crippen molar-refractivity contribution in [3.05, 3.63) is 42.2 Å². The zero-order chi connectivity index (χ0) is 16.3. The number of ether oxygens (including phenoxy) is 1. The summed E-state index contributed by atoms with van der Waals surface area (Å²) in [5.74, 6) is -1.25. The number of furan rings is 1. The van der Waals surface area contributed by atoms with Crippen LogP contribution in [0.15, 0.2) is 46.1 Å². The molecule has 8 heteroatoms. The normalized spacial score (nSPS) is 11.4. The molecule has 0 bridgehead atoms. The zero-order valence-electron chi connectivity index (χ0n) is 11.9. The Kier molecular flexibility index (Phi) is 4.41. The molecule has 2 N–H and O–H groups in total. The van der Waals surface area contributed by atoms with E-state index in [0.29, 0.717) is 0 Å². The van der Waals surface area contributed by atoms with Crippen LogP contribution < -0.4 is 9.46 Å². The number of aromatic carboxylic acids is 1. The van der Waals surface area contributed by atoms with E-state index in [-0.39, 0.29) is 28.2 Å². The van der Waals surface area contributed by atoms with Gasteiger partial charge in [-0.25, -0.2) is 4.79 Å². The minimum atomic E-state index is -3.96. The molecule has 0 aliphatic rings. The highest BCUT2D eigenvalue weighted by atomic mass is 32.2. The number of anilines is 1. The summed E-state index contributed by atoms with van der Waals surface area (Å²) in [6, 6.07) is 6.91. The number of benzene rings is 1. The van der Waals surface area contributed by atoms with Gasteiger partial charge in [0, 0.05) is 0 Å². The SMILES string of the molecule is CC(C)Oc1c(NS(=O)(=O)c2ccco2)cccc1C(=O)O. The van der Waals surface area contributed by atoms with Crippen LogP contribution in [0.25, 0.3) is 0 Å². The lowest BCUT2D eigenvalue weighted by atomic mass is 10.1. The fourth-order valence-electron chi connectivity index (χ4n) is 1.76. The molecule has 0 fully saturated rings. The molecule has 1 aromatic heterocycles. The quantitative estimate of drug-likeness (QED) is 0.845. The first-order valence-electron chi connectivity index (χ1n) is 6.40. The van der Waals surface area contributed by atoms with Gasteiger partial charge in [-0.2, -0.15) is 8.42 Å². The molecule has 0 radical (unpaired) electrons. The van der Waals surface area contributed by atoms with Crippen molar-refractivity contribution in [2.24, 2.45) is 0 Å². The molecule has 1 aromatic carbocycles. The van der Waals surface area contributed by atoms with E-state index in [0.717, 1.165) is 0 Å². The summed E-state index contributed by atoms with van der Waals surface area (Å²) in [7, 11) is -3.96. The molecule has 0 aliphatic carbocycles. The van der Waals surface area contributed by atoms with Crippen molar-refractivity contribution in [1.82, 2.24) is 0 Å². The smallest absolute Gasteiger partial charge is 0.339 e. The maximum atomic E-state index is 12.2. The lowest BCUT2D eigenvalue weighted by molar-refractivity contribution is 0.0690. The van der Waals surface area contributed by atoms with Crippen LogP contribution >= 0.6 is 0 Å². The van der Waals surface area contributed by atoms with Gasteiger partial charge in [0.05, 0.1) is 18.1 Å². The molecule has 0 saturated heterocycles. The third-order valence-electron chi connectivity index (χ3n) is 2.60. The lowest BCUT2D eigenvalue weighted by Gasteiger charge is -2.17. The molecule has 0 spiro atoms. The van der Waals surface area contributed by atoms with Crippen LogP contribution in [-0.2, 0) is 10.0 Å². The minimum Gasteiger partial charge on any atom is -0.488 e. The van der Waals surface area contributed by atoms with Crippen molar-refractivity contribution >= 4 is 21.7 Å². The molecule has 7 nitrogen and oxygen atoms in total. The highest BCUT2D eigenvalue weighted by Crippen LogP contribution is 2.32. The predicted octanol–water partition coefficient (Wildman–Crippen LogP) is 2.57. The number of sulfonamides is 1. The van der Waals surface area contributed by atoms with E-state index in [1.54, 1.807) is 13.8 Å². The number of nitrogens with one attached hydrogen (secondary N) is 1. The van der Waals surface area contributed by atoms with E-state index in [9.17, 15) is 18.3 Å². The highest BCUT2D eigenvalue weighted by molar-refractivity contribution is 7.92. The van der Waals surface area contributed by atoms with Crippen molar-refractivity contribution in [3.8, 4) is 5.75 Å². The molecule has 0 saturated carbocycles. The maximum Gasteiger partial charge on any atom is 0.339 e. The molecule has 0 amide bonds. The Bertz CT molecular complexity index is 765. The number of rotatable bonds is 6. The van der Waals surface area contributed by atoms with Crippen LogP contribution in [0, 0.1) is 0 Å². The fourth-order valence-corrected chi connectivity index (χ4v) is 2.75. The van der Waals surface area contributed by atoms with Crippen LogP contribution in [0.3, 0.4) is 0 Å². The second kappa shape index (κ2) is 6.10. The Balaban J connectivity index is 2.47. The van der Waals surface area contributed by atoms with Gasteiger partial charge in [0.2, 0.25) is 5.09 Å².